The third-order valence-electron chi connectivity index (χ3n) is 11.1. The Bertz CT molecular complexity index is 620. The fourth-order valence-corrected chi connectivity index (χ4v) is 8.60. The lowest BCUT2D eigenvalue weighted by Crippen LogP contribution is -2.54. The fraction of sp³-hybridized carbons (Fsp3) is 0.929. The molecule has 0 bridgehead atoms. The summed E-state index contributed by atoms with van der Waals surface area (Å²) in [6.07, 6.45) is 15.8. The summed E-state index contributed by atoms with van der Waals surface area (Å²) in [6, 6.07) is 0. The Labute approximate surface area is 181 Å². The maximum absolute atomic E-state index is 11.1. The molecular formula is C28H48O. The first-order valence-corrected chi connectivity index (χ1v) is 13.1. The highest BCUT2D eigenvalue weighted by molar-refractivity contribution is 5.28. The van der Waals surface area contributed by atoms with Crippen LogP contribution >= 0.6 is 0 Å². The van der Waals surface area contributed by atoms with Gasteiger partial charge in [-0.05, 0) is 91.8 Å². The van der Waals surface area contributed by atoms with Gasteiger partial charge in [0.05, 0.1) is 6.10 Å². The molecule has 0 amide bonds. The monoisotopic (exact) mass is 400 g/mol. The molecule has 0 aliphatic heterocycles. The Morgan fingerprint density at radius 1 is 0.966 bits per heavy atom. The van der Waals surface area contributed by atoms with Gasteiger partial charge in [0, 0.05) is 5.41 Å². The SMILES string of the molecule is CC(C)[C@@H](C)CC[C@@H](C)[C@H]1CC[C@H]2C3=CCC4CCCC(O)[C@]4(C)[C@H]3CC[C@]12C. The van der Waals surface area contributed by atoms with Gasteiger partial charge in [-0.2, -0.15) is 0 Å². The Morgan fingerprint density at radius 2 is 1.72 bits per heavy atom. The molecule has 0 aromatic heterocycles. The molecule has 0 heterocycles. The zero-order chi connectivity index (χ0) is 21.0. The minimum absolute atomic E-state index is 0.0760. The van der Waals surface area contributed by atoms with E-state index in [1.807, 2.05) is 0 Å². The van der Waals surface area contributed by atoms with Crippen LogP contribution in [0.3, 0.4) is 0 Å². The van der Waals surface area contributed by atoms with E-state index in [0.29, 0.717) is 11.3 Å². The van der Waals surface area contributed by atoms with Crippen LogP contribution in [0, 0.1) is 52.3 Å². The van der Waals surface area contributed by atoms with Crippen LogP contribution in [0.5, 0.6) is 0 Å². The highest BCUT2D eigenvalue weighted by Crippen LogP contribution is 2.67. The number of aliphatic hydroxyl groups excluding tert-OH is 1. The first kappa shape index (κ1) is 21.9. The van der Waals surface area contributed by atoms with Gasteiger partial charge in [0.1, 0.15) is 0 Å². The third kappa shape index (κ3) is 3.46. The van der Waals surface area contributed by atoms with E-state index in [1.165, 1.54) is 57.8 Å². The van der Waals surface area contributed by atoms with Crippen LogP contribution in [0.2, 0.25) is 0 Å². The average Bonchev–Trinajstić information content (AvgIpc) is 3.04. The first-order chi connectivity index (χ1) is 13.7. The van der Waals surface area contributed by atoms with Gasteiger partial charge in [-0.1, -0.05) is 72.5 Å². The molecular weight excluding hydrogens is 352 g/mol. The molecule has 0 aromatic rings. The standard InChI is InChI=1S/C28H48O/c1-18(2)19(3)10-11-20(4)23-14-15-24-22-13-12-21-8-7-9-26(29)28(21,6)25(22)16-17-27(23,24)5/h13,18-21,23-26,29H,7-12,14-17H2,1-6H3/t19-,20+,21?,23+,24-,25-,26?,27+,28-/m0/s1. The minimum atomic E-state index is -0.0760. The van der Waals surface area contributed by atoms with E-state index in [9.17, 15) is 5.11 Å². The van der Waals surface area contributed by atoms with Crippen molar-refractivity contribution in [1.82, 2.24) is 0 Å². The van der Waals surface area contributed by atoms with E-state index in [1.54, 1.807) is 5.57 Å². The van der Waals surface area contributed by atoms with E-state index >= 15 is 0 Å². The molecule has 1 heteroatoms. The second-order valence-electron chi connectivity index (χ2n) is 12.6. The summed E-state index contributed by atoms with van der Waals surface area (Å²) in [4.78, 5) is 0. The summed E-state index contributed by atoms with van der Waals surface area (Å²) in [5.74, 6) is 5.59. The van der Waals surface area contributed by atoms with Crippen LogP contribution in [0.1, 0.15) is 106 Å². The highest BCUT2D eigenvalue weighted by Gasteiger charge is 2.59. The van der Waals surface area contributed by atoms with Crippen LogP contribution in [0.25, 0.3) is 0 Å². The topological polar surface area (TPSA) is 20.2 Å². The van der Waals surface area contributed by atoms with Crippen molar-refractivity contribution in [3.63, 3.8) is 0 Å². The Morgan fingerprint density at radius 3 is 2.45 bits per heavy atom. The van der Waals surface area contributed by atoms with Crippen molar-refractivity contribution in [1.29, 1.82) is 0 Å². The zero-order valence-electron chi connectivity index (χ0n) is 20.2. The van der Waals surface area contributed by atoms with Crippen molar-refractivity contribution in [3.8, 4) is 0 Å². The van der Waals surface area contributed by atoms with Gasteiger partial charge in [-0.3, -0.25) is 0 Å². The summed E-state index contributed by atoms with van der Waals surface area (Å²) in [5, 5.41) is 11.1. The van der Waals surface area contributed by atoms with Crippen LogP contribution < -0.4 is 0 Å². The third-order valence-corrected chi connectivity index (χ3v) is 11.1. The molecule has 166 valence electrons. The van der Waals surface area contributed by atoms with E-state index in [0.717, 1.165) is 41.9 Å². The number of rotatable bonds is 5. The number of fused-ring (bicyclic) bond motifs is 5. The minimum Gasteiger partial charge on any atom is -0.393 e. The molecule has 4 rings (SSSR count). The van der Waals surface area contributed by atoms with E-state index in [4.69, 9.17) is 0 Å². The number of hydrogen-bond acceptors (Lipinski definition) is 1. The van der Waals surface area contributed by atoms with Crippen molar-refractivity contribution >= 4 is 0 Å². The maximum Gasteiger partial charge on any atom is 0.0602 e. The lowest BCUT2D eigenvalue weighted by Gasteiger charge is -2.58. The normalized spacial score (nSPS) is 46.5. The molecule has 4 aliphatic rings. The number of allylic oxidation sites excluding steroid dienone is 2. The predicted molar refractivity (Wildman–Crippen MR) is 124 cm³/mol. The van der Waals surface area contributed by atoms with E-state index in [2.05, 4.69) is 47.6 Å². The molecule has 3 saturated carbocycles. The zero-order valence-corrected chi connectivity index (χ0v) is 20.2. The first-order valence-electron chi connectivity index (χ1n) is 13.1. The lowest BCUT2D eigenvalue weighted by molar-refractivity contribution is -0.0959. The molecule has 3 fully saturated rings. The van der Waals surface area contributed by atoms with Crippen LogP contribution in [0.4, 0.5) is 0 Å². The lowest BCUT2D eigenvalue weighted by atomic mass is 9.47. The molecule has 1 nitrogen and oxygen atoms in total. The molecule has 9 atom stereocenters. The molecule has 0 radical (unpaired) electrons. The molecule has 0 spiro atoms. The summed E-state index contributed by atoms with van der Waals surface area (Å²) in [6.45, 7) is 14.9. The van der Waals surface area contributed by atoms with Gasteiger partial charge in [-0.15, -0.1) is 0 Å². The van der Waals surface area contributed by atoms with E-state index in [-0.39, 0.29) is 11.5 Å². The Hall–Kier alpha value is -0.300. The van der Waals surface area contributed by atoms with Crippen molar-refractivity contribution in [3.05, 3.63) is 11.6 Å². The molecule has 2 unspecified atom stereocenters. The molecule has 0 saturated heterocycles. The Kier molecular flexibility index (Phi) is 6.04. The van der Waals surface area contributed by atoms with Gasteiger partial charge in [-0.25, -0.2) is 0 Å². The quantitative estimate of drug-likeness (QED) is 0.470. The second-order valence-corrected chi connectivity index (χ2v) is 12.6. The molecule has 4 aliphatic carbocycles. The number of hydrogen-bond donors (Lipinski definition) is 1. The number of aliphatic hydroxyl groups is 1. The predicted octanol–water partition coefficient (Wildman–Crippen LogP) is 7.63. The van der Waals surface area contributed by atoms with E-state index < -0.39 is 0 Å². The van der Waals surface area contributed by atoms with Gasteiger partial charge < -0.3 is 5.11 Å². The largest absolute Gasteiger partial charge is 0.393 e. The summed E-state index contributed by atoms with van der Waals surface area (Å²) >= 11 is 0. The van der Waals surface area contributed by atoms with Gasteiger partial charge >= 0.3 is 0 Å². The van der Waals surface area contributed by atoms with Crippen molar-refractivity contribution in [2.24, 2.45) is 52.3 Å². The van der Waals surface area contributed by atoms with Gasteiger partial charge in [0.25, 0.3) is 0 Å². The van der Waals surface area contributed by atoms with Crippen LogP contribution in [0.15, 0.2) is 11.6 Å². The highest BCUT2D eigenvalue weighted by atomic mass is 16.3. The van der Waals surface area contributed by atoms with Gasteiger partial charge in [0.2, 0.25) is 0 Å². The molecule has 0 aromatic carbocycles. The van der Waals surface area contributed by atoms with Crippen molar-refractivity contribution < 1.29 is 5.11 Å². The molecule has 29 heavy (non-hydrogen) atoms. The fourth-order valence-electron chi connectivity index (χ4n) is 8.60. The summed E-state index contributed by atoms with van der Waals surface area (Å²) in [5.41, 5.74) is 2.45. The van der Waals surface area contributed by atoms with Crippen molar-refractivity contribution in [2.45, 2.75) is 112 Å². The second kappa shape index (κ2) is 7.99. The van der Waals surface area contributed by atoms with Gasteiger partial charge in [0.15, 0.2) is 0 Å². The average molecular weight is 401 g/mol. The summed E-state index contributed by atoms with van der Waals surface area (Å²) < 4.78 is 0. The Balaban J connectivity index is 1.52. The van der Waals surface area contributed by atoms with Crippen LogP contribution in [-0.4, -0.2) is 11.2 Å². The molecule has 1 N–H and O–H groups in total. The summed E-state index contributed by atoms with van der Waals surface area (Å²) in [7, 11) is 0. The van der Waals surface area contributed by atoms with Crippen LogP contribution in [-0.2, 0) is 0 Å². The smallest absolute Gasteiger partial charge is 0.0602 e. The maximum atomic E-state index is 11.1. The van der Waals surface area contributed by atoms with Crippen molar-refractivity contribution in [2.75, 3.05) is 0 Å².